The van der Waals surface area contributed by atoms with Crippen molar-refractivity contribution in [3.8, 4) is 0 Å². The summed E-state index contributed by atoms with van der Waals surface area (Å²) in [6, 6.07) is 19.6. The lowest BCUT2D eigenvalue weighted by Crippen LogP contribution is -2.12. The maximum atomic E-state index is 12.5. The summed E-state index contributed by atoms with van der Waals surface area (Å²) in [4.78, 5) is 24.5. The van der Waals surface area contributed by atoms with Gasteiger partial charge in [-0.2, -0.15) is 0 Å². The number of aromatic carboxylic acids is 1. The van der Waals surface area contributed by atoms with Gasteiger partial charge in [0.25, 0.3) is 5.91 Å². The summed E-state index contributed by atoms with van der Waals surface area (Å²) in [6.45, 7) is 1.90. The van der Waals surface area contributed by atoms with Crippen LogP contribution >= 0.6 is 11.8 Å². The standard InChI is InChI=1S/C23H21NO5S2/c1-16-5-11-21(12-6-16)31(28,29)14-13-30-20-4-2-3-18(15-20)22(25)24-19-9-7-17(8-10-19)23(26)27/h2-12,15H,13-14H2,1H3,(H,24,25)(H,26,27). The molecule has 0 spiro atoms. The Bertz CT molecular complexity index is 1190. The van der Waals surface area contributed by atoms with Crippen LogP contribution < -0.4 is 5.32 Å². The van der Waals surface area contributed by atoms with Gasteiger partial charge in [0.2, 0.25) is 0 Å². The van der Waals surface area contributed by atoms with Gasteiger partial charge in [-0.05, 0) is 61.5 Å². The van der Waals surface area contributed by atoms with E-state index in [1.54, 1.807) is 42.5 Å². The summed E-state index contributed by atoms with van der Waals surface area (Å²) in [6.07, 6.45) is 0. The van der Waals surface area contributed by atoms with Gasteiger partial charge >= 0.3 is 5.97 Å². The van der Waals surface area contributed by atoms with E-state index < -0.39 is 15.8 Å². The number of carboxylic acid groups (broad SMARTS) is 1. The van der Waals surface area contributed by atoms with Crippen LogP contribution in [0.3, 0.4) is 0 Å². The van der Waals surface area contributed by atoms with Crippen molar-refractivity contribution >= 4 is 39.2 Å². The lowest BCUT2D eigenvalue weighted by molar-refractivity contribution is 0.0696. The minimum atomic E-state index is -3.37. The molecule has 2 N–H and O–H groups in total. The molecule has 0 aliphatic heterocycles. The highest BCUT2D eigenvalue weighted by atomic mass is 32.2. The molecule has 0 aliphatic carbocycles. The Hall–Kier alpha value is -3.10. The van der Waals surface area contributed by atoms with E-state index in [1.165, 1.54) is 36.0 Å². The number of amides is 1. The summed E-state index contributed by atoms with van der Waals surface area (Å²) in [7, 11) is -3.37. The van der Waals surface area contributed by atoms with Crippen molar-refractivity contribution in [1.29, 1.82) is 0 Å². The summed E-state index contributed by atoms with van der Waals surface area (Å²) < 4.78 is 24.9. The van der Waals surface area contributed by atoms with Crippen molar-refractivity contribution in [2.24, 2.45) is 0 Å². The molecule has 0 fully saturated rings. The fraction of sp³-hybridized carbons (Fsp3) is 0.130. The highest BCUT2D eigenvalue weighted by Gasteiger charge is 2.14. The number of anilines is 1. The van der Waals surface area contributed by atoms with Gasteiger partial charge in [-0.25, -0.2) is 13.2 Å². The molecule has 0 aliphatic rings. The smallest absolute Gasteiger partial charge is 0.335 e. The number of hydrogen-bond donors (Lipinski definition) is 2. The maximum absolute atomic E-state index is 12.5. The predicted molar refractivity (Wildman–Crippen MR) is 122 cm³/mol. The molecule has 0 unspecified atom stereocenters. The molecule has 0 saturated carbocycles. The van der Waals surface area contributed by atoms with Crippen molar-refractivity contribution in [2.75, 3.05) is 16.8 Å². The van der Waals surface area contributed by atoms with Gasteiger partial charge in [-0.3, -0.25) is 4.79 Å². The third kappa shape index (κ3) is 6.19. The Balaban J connectivity index is 1.60. The molecule has 8 heteroatoms. The number of carbonyl (C=O) groups is 2. The maximum Gasteiger partial charge on any atom is 0.335 e. The van der Waals surface area contributed by atoms with Gasteiger partial charge in [0, 0.05) is 21.9 Å². The quantitative estimate of drug-likeness (QED) is 0.485. The van der Waals surface area contributed by atoms with Crippen LogP contribution in [0.5, 0.6) is 0 Å². The average Bonchev–Trinajstić information content (AvgIpc) is 2.74. The Morgan fingerprint density at radius 1 is 0.935 bits per heavy atom. The Morgan fingerprint density at radius 2 is 1.61 bits per heavy atom. The number of thioether (sulfide) groups is 1. The van der Waals surface area contributed by atoms with Gasteiger partial charge < -0.3 is 10.4 Å². The molecule has 0 atom stereocenters. The van der Waals surface area contributed by atoms with Crippen molar-refractivity contribution in [3.63, 3.8) is 0 Å². The molecular formula is C23H21NO5S2. The zero-order valence-corrected chi connectivity index (χ0v) is 18.4. The molecule has 0 saturated heterocycles. The molecular weight excluding hydrogens is 434 g/mol. The first-order valence-corrected chi connectivity index (χ1v) is 12.1. The lowest BCUT2D eigenvalue weighted by Gasteiger charge is -2.08. The van der Waals surface area contributed by atoms with Gasteiger partial charge in [0.1, 0.15) is 0 Å². The monoisotopic (exact) mass is 455 g/mol. The number of sulfone groups is 1. The largest absolute Gasteiger partial charge is 0.478 e. The van der Waals surface area contributed by atoms with Gasteiger partial charge in [-0.1, -0.05) is 23.8 Å². The molecule has 1 amide bonds. The van der Waals surface area contributed by atoms with Gasteiger partial charge in [-0.15, -0.1) is 11.8 Å². The molecule has 0 radical (unpaired) electrons. The van der Waals surface area contributed by atoms with Gasteiger partial charge in [0.15, 0.2) is 9.84 Å². The number of rotatable bonds is 8. The average molecular weight is 456 g/mol. The van der Waals surface area contributed by atoms with E-state index in [1.807, 2.05) is 13.0 Å². The Morgan fingerprint density at radius 3 is 2.26 bits per heavy atom. The van der Waals surface area contributed by atoms with Crippen molar-refractivity contribution in [1.82, 2.24) is 0 Å². The van der Waals surface area contributed by atoms with E-state index in [0.29, 0.717) is 21.9 Å². The van der Waals surface area contributed by atoms with Crippen molar-refractivity contribution < 1.29 is 23.1 Å². The molecule has 0 bridgehead atoms. The van der Waals surface area contributed by atoms with E-state index in [2.05, 4.69) is 5.32 Å². The SMILES string of the molecule is Cc1ccc(S(=O)(=O)CCSc2cccc(C(=O)Nc3ccc(C(=O)O)cc3)c2)cc1. The van der Waals surface area contributed by atoms with E-state index in [0.717, 1.165) is 10.5 Å². The zero-order valence-electron chi connectivity index (χ0n) is 16.7. The Labute approximate surface area is 185 Å². The molecule has 3 rings (SSSR count). The summed E-state index contributed by atoms with van der Waals surface area (Å²) in [5.41, 5.74) is 2.05. The number of nitrogens with one attached hydrogen (secondary N) is 1. The minimum absolute atomic E-state index is 0.00687. The van der Waals surface area contributed by atoms with Crippen molar-refractivity contribution in [2.45, 2.75) is 16.7 Å². The van der Waals surface area contributed by atoms with Crippen LogP contribution in [-0.2, 0) is 9.84 Å². The number of benzene rings is 3. The number of carbonyl (C=O) groups excluding carboxylic acids is 1. The first-order chi connectivity index (χ1) is 14.7. The summed E-state index contributed by atoms with van der Waals surface area (Å²) in [5.74, 6) is -1.02. The molecule has 0 aromatic heterocycles. The topological polar surface area (TPSA) is 101 Å². The van der Waals surface area contributed by atoms with E-state index in [4.69, 9.17) is 5.11 Å². The van der Waals surface area contributed by atoms with Crippen molar-refractivity contribution in [3.05, 3.63) is 89.5 Å². The van der Waals surface area contributed by atoms with Crippen LogP contribution in [0.25, 0.3) is 0 Å². The van der Waals surface area contributed by atoms with Crippen LogP contribution in [0.1, 0.15) is 26.3 Å². The van der Waals surface area contributed by atoms with E-state index >= 15 is 0 Å². The van der Waals surface area contributed by atoms with Crippen LogP contribution in [0.4, 0.5) is 5.69 Å². The third-order valence-electron chi connectivity index (χ3n) is 4.49. The van der Waals surface area contributed by atoms with Crippen LogP contribution in [0.2, 0.25) is 0 Å². The molecule has 160 valence electrons. The predicted octanol–water partition coefficient (Wildman–Crippen LogP) is 4.51. The fourth-order valence-electron chi connectivity index (χ4n) is 2.76. The second-order valence-corrected chi connectivity index (χ2v) is 10.1. The minimum Gasteiger partial charge on any atom is -0.478 e. The fourth-order valence-corrected chi connectivity index (χ4v) is 5.38. The zero-order chi connectivity index (χ0) is 22.4. The molecule has 3 aromatic rings. The number of hydrogen-bond acceptors (Lipinski definition) is 5. The normalized spacial score (nSPS) is 11.1. The first-order valence-electron chi connectivity index (χ1n) is 9.41. The molecule has 0 heterocycles. The van der Waals surface area contributed by atoms with Crippen LogP contribution in [-0.4, -0.2) is 36.9 Å². The van der Waals surface area contributed by atoms with Crippen LogP contribution in [0.15, 0.2) is 82.6 Å². The van der Waals surface area contributed by atoms with E-state index in [9.17, 15) is 18.0 Å². The second-order valence-electron chi connectivity index (χ2n) is 6.84. The third-order valence-corrected chi connectivity index (χ3v) is 7.47. The summed E-state index contributed by atoms with van der Waals surface area (Å²) in [5, 5.41) is 11.7. The lowest BCUT2D eigenvalue weighted by atomic mass is 10.2. The molecule has 6 nitrogen and oxygen atoms in total. The van der Waals surface area contributed by atoms with E-state index in [-0.39, 0.29) is 17.2 Å². The number of aryl methyl sites for hydroxylation is 1. The number of carboxylic acids is 1. The molecule has 3 aromatic carbocycles. The second kappa shape index (κ2) is 9.80. The van der Waals surface area contributed by atoms with Gasteiger partial charge in [0.05, 0.1) is 16.2 Å². The van der Waals surface area contributed by atoms with Crippen LogP contribution in [0, 0.1) is 6.92 Å². The summed E-state index contributed by atoms with van der Waals surface area (Å²) >= 11 is 1.36. The highest BCUT2D eigenvalue weighted by molar-refractivity contribution is 8.00. The first kappa shape index (κ1) is 22.6. The molecule has 31 heavy (non-hydrogen) atoms. The highest BCUT2D eigenvalue weighted by Crippen LogP contribution is 2.22. The Kier molecular flexibility index (Phi) is 7.14.